The molecule has 0 radical (unpaired) electrons. The lowest BCUT2D eigenvalue weighted by molar-refractivity contribution is 0.0973. The van der Waals surface area contributed by atoms with Crippen LogP contribution in [0.25, 0.3) is 22.3 Å². The highest BCUT2D eigenvalue weighted by atomic mass is 35.5. The van der Waals surface area contributed by atoms with Crippen LogP contribution in [0, 0.1) is 0 Å². The molecule has 3 heterocycles. The molecule has 7 nitrogen and oxygen atoms in total. The molecular formula is C27H24ClFN4O3. The lowest BCUT2D eigenvalue weighted by Crippen LogP contribution is -2.14. The van der Waals surface area contributed by atoms with E-state index in [0.717, 1.165) is 24.1 Å². The van der Waals surface area contributed by atoms with Crippen LogP contribution in [0.3, 0.4) is 0 Å². The first-order chi connectivity index (χ1) is 17.5. The Morgan fingerprint density at radius 2 is 2.06 bits per heavy atom. The highest BCUT2D eigenvalue weighted by Gasteiger charge is 2.44. The van der Waals surface area contributed by atoms with Crippen molar-refractivity contribution in [1.82, 2.24) is 15.0 Å². The van der Waals surface area contributed by atoms with Crippen molar-refractivity contribution in [1.29, 1.82) is 0 Å². The number of pyridine rings is 2. The smallest absolute Gasteiger partial charge is 0.214 e. The first-order valence-electron chi connectivity index (χ1n) is 11.9. The molecular weight excluding hydrogens is 483 g/mol. The number of aromatic amines is 1. The average Bonchev–Trinajstić information content (AvgIpc) is 3.51. The summed E-state index contributed by atoms with van der Waals surface area (Å²) < 4.78 is 25.3. The number of hydrogen-bond donors (Lipinski definition) is 2. The third-order valence-electron chi connectivity index (χ3n) is 6.72. The van der Waals surface area contributed by atoms with E-state index < -0.39 is 5.67 Å². The minimum Gasteiger partial charge on any atom is -0.493 e. The molecule has 1 saturated carbocycles. The zero-order valence-electron chi connectivity index (χ0n) is 19.7. The van der Waals surface area contributed by atoms with Crippen LogP contribution in [0.1, 0.15) is 41.7 Å². The summed E-state index contributed by atoms with van der Waals surface area (Å²) >= 11 is 6.36. The van der Waals surface area contributed by atoms with Gasteiger partial charge < -0.3 is 19.8 Å². The van der Waals surface area contributed by atoms with Crippen LogP contribution in [0.4, 0.5) is 15.8 Å². The molecule has 0 aliphatic heterocycles. The first-order valence-corrected chi connectivity index (χ1v) is 12.3. The van der Waals surface area contributed by atoms with Gasteiger partial charge in [-0.3, -0.25) is 9.78 Å². The fourth-order valence-electron chi connectivity index (χ4n) is 4.65. The van der Waals surface area contributed by atoms with Gasteiger partial charge in [0.1, 0.15) is 17.8 Å². The molecule has 0 amide bonds. The van der Waals surface area contributed by atoms with Crippen molar-refractivity contribution in [2.24, 2.45) is 0 Å². The number of Topliss-reactive ketones (excluding diaryl/α,β-unsaturated/α-hetero) is 1. The maximum Gasteiger partial charge on any atom is 0.214 e. The Hall–Kier alpha value is -3.65. The number of nitrogens with zero attached hydrogens (tertiary/aromatic N) is 2. The SMILES string of the molecule is COc1c(Cl)cccc1Nc1c(-c2ccnc3ccc(OCC4(F)CC4)nc23)[nH]c2c1C(=O)CCC2. The van der Waals surface area contributed by atoms with Gasteiger partial charge in [0.15, 0.2) is 11.5 Å². The second-order valence-corrected chi connectivity index (χ2v) is 9.67. The van der Waals surface area contributed by atoms with Crippen molar-refractivity contribution in [3.8, 4) is 22.9 Å². The number of aryl methyl sites for hydroxylation is 1. The zero-order chi connectivity index (χ0) is 24.9. The average molecular weight is 507 g/mol. The van der Waals surface area contributed by atoms with E-state index >= 15 is 0 Å². The summed E-state index contributed by atoms with van der Waals surface area (Å²) in [5.41, 5.74) is 4.23. The van der Waals surface area contributed by atoms with E-state index in [9.17, 15) is 9.18 Å². The van der Waals surface area contributed by atoms with Gasteiger partial charge in [0.2, 0.25) is 5.88 Å². The van der Waals surface area contributed by atoms with Gasteiger partial charge in [-0.15, -0.1) is 0 Å². The Morgan fingerprint density at radius 1 is 1.19 bits per heavy atom. The summed E-state index contributed by atoms with van der Waals surface area (Å²) in [6.07, 6.45) is 4.74. The number of nitrogens with one attached hydrogen (secondary N) is 2. The van der Waals surface area contributed by atoms with E-state index in [1.54, 1.807) is 31.5 Å². The summed E-state index contributed by atoms with van der Waals surface area (Å²) in [6, 6.07) is 10.8. The number of para-hydroxylation sites is 1. The predicted octanol–water partition coefficient (Wildman–Crippen LogP) is 6.43. The summed E-state index contributed by atoms with van der Waals surface area (Å²) in [4.78, 5) is 25.7. The number of methoxy groups -OCH3 is 1. The number of carbonyl (C=O) groups is 1. The molecule has 4 aromatic rings. The van der Waals surface area contributed by atoms with Crippen molar-refractivity contribution in [2.45, 2.75) is 37.8 Å². The normalized spacial score (nSPS) is 16.0. The van der Waals surface area contributed by atoms with Gasteiger partial charge >= 0.3 is 0 Å². The number of alkyl halides is 1. The first kappa shape index (κ1) is 22.8. The molecule has 0 spiro atoms. The molecule has 2 N–H and O–H groups in total. The van der Waals surface area contributed by atoms with Crippen LogP contribution in [0.15, 0.2) is 42.6 Å². The van der Waals surface area contributed by atoms with Gasteiger partial charge in [-0.1, -0.05) is 17.7 Å². The number of fused-ring (bicyclic) bond motifs is 2. The Labute approximate surface area is 212 Å². The molecule has 6 rings (SSSR count). The van der Waals surface area contributed by atoms with E-state index in [0.29, 0.717) is 69.6 Å². The van der Waals surface area contributed by atoms with E-state index in [2.05, 4.69) is 20.3 Å². The molecule has 1 fully saturated rings. The van der Waals surface area contributed by atoms with E-state index in [1.165, 1.54) is 0 Å². The Bertz CT molecular complexity index is 1500. The summed E-state index contributed by atoms with van der Waals surface area (Å²) in [6.45, 7) is -0.0201. The minimum atomic E-state index is -1.25. The highest BCUT2D eigenvalue weighted by Crippen LogP contribution is 2.43. The Kier molecular flexibility index (Phi) is 5.56. The largest absolute Gasteiger partial charge is 0.493 e. The van der Waals surface area contributed by atoms with E-state index in [1.807, 2.05) is 18.2 Å². The highest BCUT2D eigenvalue weighted by molar-refractivity contribution is 6.32. The lowest BCUT2D eigenvalue weighted by atomic mass is 9.94. The Balaban J connectivity index is 1.49. The maximum atomic E-state index is 14.1. The molecule has 0 atom stereocenters. The number of ether oxygens (including phenoxy) is 2. The molecule has 2 aliphatic rings. The Morgan fingerprint density at radius 3 is 2.86 bits per heavy atom. The third-order valence-corrected chi connectivity index (χ3v) is 7.01. The third kappa shape index (κ3) is 4.05. The molecule has 0 saturated heterocycles. The van der Waals surface area contributed by atoms with Gasteiger partial charge in [-0.2, -0.15) is 0 Å². The molecule has 2 aliphatic carbocycles. The van der Waals surface area contributed by atoms with Crippen LogP contribution in [-0.2, 0) is 6.42 Å². The summed E-state index contributed by atoms with van der Waals surface area (Å²) in [5.74, 6) is 0.881. The quantitative estimate of drug-likeness (QED) is 0.300. The van der Waals surface area contributed by atoms with Crippen LogP contribution in [0.5, 0.6) is 11.6 Å². The van der Waals surface area contributed by atoms with Gasteiger partial charge in [-0.05, 0) is 49.9 Å². The monoisotopic (exact) mass is 506 g/mol. The van der Waals surface area contributed by atoms with E-state index in [4.69, 9.17) is 21.1 Å². The number of anilines is 2. The van der Waals surface area contributed by atoms with Gasteiger partial charge in [0.05, 0.1) is 40.3 Å². The molecule has 1 aromatic carbocycles. The van der Waals surface area contributed by atoms with Crippen LogP contribution >= 0.6 is 11.6 Å². The molecule has 9 heteroatoms. The minimum absolute atomic E-state index is 0.0201. The number of H-pyrrole nitrogens is 1. The van der Waals surface area contributed by atoms with Crippen molar-refractivity contribution < 1.29 is 18.7 Å². The molecule has 36 heavy (non-hydrogen) atoms. The fourth-order valence-corrected chi connectivity index (χ4v) is 4.90. The van der Waals surface area contributed by atoms with Crippen LogP contribution in [-0.4, -0.2) is 40.1 Å². The number of halogens is 2. The summed E-state index contributed by atoms with van der Waals surface area (Å²) in [5, 5.41) is 3.87. The van der Waals surface area contributed by atoms with Crippen molar-refractivity contribution >= 4 is 39.8 Å². The number of ketones is 1. The zero-order valence-corrected chi connectivity index (χ0v) is 20.4. The van der Waals surface area contributed by atoms with Gasteiger partial charge in [-0.25, -0.2) is 9.37 Å². The van der Waals surface area contributed by atoms with Crippen LogP contribution < -0.4 is 14.8 Å². The standard InChI is InChI=1S/C27H24ClFN4O3/c1-35-26-16(28)4-2-6-19(26)32-25-22-17(5-3-7-20(22)34)31-24(25)15-10-13-30-18-8-9-21(33-23(15)18)36-14-27(29)11-12-27/h2,4,6,8-10,13,31-32H,3,5,7,11-12,14H2,1H3. The second kappa shape index (κ2) is 8.78. The summed E-state index contributed by atoms with van der Waals surface area (Å²) in [7, 11) is 1.55. The maximum absolute atomic E-state index is 14.1. The number of benzene rings is 1. The predicted molar refractivity (Wildman–Crippen MR) is 136 cm³/mol. The molecule has 0 unspecified atom stereocenters. The number of carbonyl (C=O) groups excluding carboxylic acids is 1. The molecule has 184 valence electrons. The van der Waals surface area contributed by atoms with Crippen molar-refractivity contribution in [3.63, 3.8) is 0 Å². The van der Waals surface area contributed by atoms with E-state index in [-0.39, 0.29) is 12.4 Å². The second-order valence-electron chi connectivity index (χ2n) is 9.27. The lowest BCUT2D eigenvalue weighted by Gasteiger charge is -2.16. The molecule has 0 bridgehead atoms. The van der Waals surface area contributed by atoms with Crippen LogP contribution in [0.2, 0.25) is 5.02 Å². The van der Waals surface area contributed by atoms with Gasteiger partial charge in [0, 0.05) is 29.9 Å². The molecule has 3 aromatic heterocycles. The number of rotatable bonds is 7. The fraction of sp³-hybridized carbons (Fsp3) is 0.296. The number of hydrogen-bond acceptors (Lipinski definition) is 6. The van der Waals surface area contributed by atoms with Crippen molar-refractivity contribution in [3.05, 3.63) is 58.9 Å². The topological polar surface area (TPSA) is 89.1 Å². The van der Waals surface area contributed by atoms with Gasteiger partial charge in [0.25, 0.3) is 0 Å². The van der Waals surface area contributed by atoms with Crippen molar-refractivity contribution in [2.75, 3.05) is 19.0 Å². The number of aromatic nitrogens is 3.